The summed E-state index contributed by atoms with van der Waals surface area (Å²) < 4.78 is 2.14. The number of nitrogens with zero attached hydrogens (tertiary/aromatic N) is 1. The number of rotatable bonds is 0. The molecule has 0 spiro atoms. The van der Waals surface area contributed by atoms with Crippen LogP contribution in [0.15, 0.2) is 54.7 Å². The molecule has 0 amide bonds. The minimum atomic E-state index is 0. The Kier molecular flexibility index (Phi) is 2.67. The molecule has 0 unspecified atom stereocenters. The lowest BCUT2D eigenvalue weighted by Gasteiger charge is -1.99. The van der Waals surface area contributed by atoms with Crippen molar-refractivity contribution in [3.8, 4) is 0 Å². The van der Waals surface area contributed by atoms with Gasteiger partial charge in [0, 0.05) is 24.3 Å². The number of fused-ring (bicyclic) bond motifs is 3. The van der Waals surface area contributed by atoms with Crippen LogP contribution in [0.25, 0.3) is 16.4 Å². The zero-order valence-electron chi connectivity index (χ0n) is 8.60. The van der Waals surface area contributed by atoms with Gasteiger partial charge in [0.2, 0.25) is 11.0 Å². The molecule has 2 aromatic heterocycles. The second-order valence-corrected chi connectivity index (χ2v) is 3.61. The SMILES string of the molecule is Nc1cc2cccc[n+]2c2ccccc12.[Cl-]. The van der Waals surface area contributed by atoms with E-state index in [-0.39, 0.29) is 12.4 Å². The topological polar surface area (TPSA) is 30.1 Å². The standard InChI is InChI=1S/C13H10N2.ClH/c14-12-9-10-5-3-4-8-15(10)13-7-2-1-6-11(12)13;/h1-9,14H;1H. The van der Waals surface area contributed by atoms with Crippen LogP contribution in [0.3, 0.4) is 0 Å². The quantitative estimate of drug-likeness (QED) is 0.397. The second kappa shape index (κ2) is 3.99. The number of halogens is 1. The number of pyridine rings is 2. The molecule has 3 heteroatoms. The summed E-state index contributed by atoms with van der Waals surface area (Å²) >= 11 is 0. The minimum Gasteiger partial charge on any atom is -1.00 e. The van der Waals surface area contributed by atoms with Crippen molar-refractivity contribution in [3.05, 3.63) is 54.7 Å². The molecule has 2 heterocycles. The van der Waals surface area contributed by atoms with E-state index in [2.05, 4.69) is 22.7 Å². The molecule has 0 bridgehead atoms. The molecule has 0 atom stereocenters. The highest BCUT2D eigenvalue weighted by atomic mass is 35.5. The molecule has 2 N–H and O–H groups in total. The first-order chi connectivity index (χ1) is 7.36. The zero-order valence-corrected chi connectivity index (χ0v) is 9.35. The molecule has 0 aliphatic heterocycles. The maximum absolute atomic E-state index is 6.01. The van der Waals surface area contributed by atoms with Gasteiger partial charge in [-0.2, -0.15) is 4.40 Å². The molecule has 3 aromatic rings. The average Bonchev–Trinajstić information content (AvgIpc) is 2.30. The molecule has 0 saturated heterocycles. The number of nitrogen functional groups attached to an aromatic ring is 1. The van der Waals surface area contributed by atoms with Gasteiger partial charge >= 0.3 is 0 Å². The molecule has 0 saturated carbocycles. The minimum absolute atomic E-state index is 0. The van der Waals surface area contributed by atoms with Gasteiger partial charge in [-0.1, -0.05) is 12.1 Å². The smallest absolute Gasteiger partial charge is 0.220 e. The summed E-state index contributed by atoms with van der Waals surface area (Å²) in [4.78, 5) is 0. The van der Waals surface area contributed by atoms with Gasteiger partial charge in [0.15, 0.2) is 6.20 Å². The van der Waals surface area contributed by atoms with Crippen molar-refractivity contribution in [2.24, 2.45) is 0 Å². The van der Waals surface area contributed by atoms with Crippen LogP contribution in [0.4, 0.5) is 5.69 Å². The average molecular weight is 231 g/mol. The van der Waals surface area contributed by atoms with Gasteiger partial charge in [-0.25, -0.2) is 0 Å². The molecule has 0 aliphatic rings. The Balaban J connectivity index is 0.000000963. The highest BCUT2D eigenvalue weighted by molar-refractivity contribution is 5.89. The number of benzene rings is 1. The van der Waals surface area contributed by atoms with Crippen LogP contribution in [-0.2, 0) is 0 Å². The lowest BCUT2D eigenvalue weighted by molar-refractivity contribution is -0.481. The summed E-state index contributed by atoms with van der Waals surface area (Å²) in [6.07, 6.45) is 2.05. The van der Waals surface area contributed by atoms with Gasteiger partial charge in [0.1, 0.15) is 0 Å². The van der Waals surface area contributed by atoms with Crippen molar-refractivity contribution in [3.63, 3.8) is 0 Å². The Hall–Kier alpha value is -1.80. The van der Waals surface area contributed by atoms with E-state index in [1.54, 1.807) is 0 Å². The molecule has 1 aromatic carbocycles. The summed E-state index contributed by atoms with van der Waals surface area (Å²) in [6.45, 7) is 0. The monoisotopic (exact) mass is 230 g/mol. The summed E-state index contributed by atoms with van der Waals surface area (Å²) in [6, 6.07) is 16.3. The molecule has 2 nitrogen and oxygen atoms in total. The van der Waals surface area contributed by atoms with Crippen LogP contribution in [0.1, 0.15) is 0 Å². The predicted octanol–water partition coefficient (Wildman–Crippen LogP) is -0.835. The largest absolute Gasteiger partial charge is 1.00 e. The summed E-state index contributed by atoms with van der Waals surface area (Å²) in [5.74, 6) is 0. The normalized spacial score (nSPS) is 10.2. The van der Waals surface area contributed by atoms with Gasteiger partial charge in [0.25, 0.3) is 0 Å². The zero-order chi connectivity index (χ0) is 10.3. The fourth-order valence-corrected chi connectivity index (χ4v) is 1.96. The molecular formula is C13H11ClN2. The number of anilines is 1. The number of aromatic nitrogens is 1. The predicted molar refractivity (Wildman–Crippen MR) is 61.5 cm³/mol. The van der Waals surface area contributed by atoms with E-state index in [1.165, 1.54) is 0 Å². The van der Waals surface area contributed by atoms with Crippen LogP contribution in [0, 0.1) is 0 Å². The maximum atomic E-state index is 6.01. The molecule has 3 rings (SSSR count). The van der Waals surface area contributed by atoms with Crippen molar-refractivity contribution in [2.75, 3.05) is 5.73 Å². The van der Waals surface area contributed by atoms with Gasteiger partial charge in [-0.15, -0.1) is 0 Å². The Morgan fingerprint density at radius 2 is 1.69 bits per heavy atom. The first-order valence-corrected chi connectivity index (χ1v) is 4.94. The Morgan fingerprint density at radius 1 is 0.938 bits per heavy atom. The van der Waals surface area contributed by atoms with E-state index in [4.69, 9.17) is 5.73 Å². The Morgan fingerprint density at radius 3 is 2.56 bits per heavy atom. The number of hydrogen-bond acceptors (Lipinski definition) is 1. The van der Waals surface area contributed by atoms with Crippen molar-refractivity contribution in [2.45, 2.75) is 0 Å². The highest BCUT2D eigenvalue weighted by Gasteiger charge is 2.09. The number of nitrogens with two attached hydrogens (primary N) is 1. The molecule has 0 radical (unpaired) electrons. The Bertz CT molecular complexity index is 650. The highest BCUT2D eigenvalue weighted by Crippen LogP contribution is 2.18. The second-order valence-electron chi connectivity index (χ2n) is 3.61. The fourth-order valence-electron chi connectivity index (χ4n) is 1.96. The van der Waals surface area contributed by atoms with Crippen LogP contribution in [0.2, 0.25) is 0 Å². The lowest BCUT2D eigenvalue weighted by atomic mass is 10.1. The van der Waals surface area contributed by atoms with Gasteiger partial charge in [0.05, 0.1) is 11.1 Å². The first-order valence-electron chi connectivity index (χ1n) is 4.94. The van der Waals surface area contributed by atoms with Crippen molar-refractivity contribution in [1.82, 2.24) is 0 Å². The first kappa shape index (κ1) is 10.7. The van der Waals surface area contributed by atoms with Crippen LogP contribution < -0.4 is 22.5 Å². The van der Waals surface area contributed by atoms with E-state index in [1.807, 2.05) is 36.4 Å². The van der Waals surface area contributed by atoms with E-state index < -0.39 is 0 Å². The van der Waals surface area contributed by atoms with Crippen LogP contribution >= 0.6 is 0 Å². The third-order valence-corrected chi connectivity index (χ3v) is 2.67. The summed E-state index contributed by atoms with van der Waals surface area (Å²) in [5.41, 5.74) is 9.10. The van der Waals surface area contributed by atoms with Crippen molar-refractivity contribution < 1.29 is 16.8 Å². The van der Waals surface area contributed by atoms with Gasteiger partial charge in [-0.3, -0.25) is 0 Å². The van der Waals surface area contributed by atoms with Crippen LogP contribution in [-0.4, -0.2) is 0 Å². The molecule has 80 valence electrons. The Labute approximate surface area is 99.7 Å². The van der Waals surface area contributed by atoms with Crippen LogP contribution in [0.5, 0.6) is 0 Å². The molecule has 0 aliphatic carbocycles. The third-order valence-electron chi connectivity index (χ3n) is 2.67. The number of hydrogen-bond donors (Lipinski definition) is 1. The maximum Gasteiger partial charge on any atom is 0.220 e. The van der Waals surface area contributed by atoms with E-state index in [9.17, 15) is 0 Å². The van der Waals surface area contributed by atoms with Crippen molar-refractivity contribution >= 4 is 22.1 Å². The molecule has 0 fully saturated rings. The van der Waals surface area contributed by atoms with E-state index >= 15 is 0 Å². The lowest BCUT2D eigenvalue weighted by Crippen LogP contribution is -3.00. The fraction of sp³-hybridized carbons (Fsp3) is 0. The van der Waals surface area contributed by atoms with Gasteiger partial charge in [-0.05, 0) is 12.1 Å². The molecule has 16 heavy (non-hydrogen) atoms. The third kappa shape index (κ3) is 1.48. The van der Waals surface area contributed by atoms with Crippen molar-refractivity contribution in [1.29, 1.82) is 0 Å². The number of para-hydroxylation sites is 1. The summed E-state index contributed by atoms with van der Waals surface area (Å²) in [7, 11) is 0. The van der Waals surface area contributed by atoms with E-state index in [0.29, 0.717) is 0 Å². The van der Waals surface area contributed by atoms with E-state index in [0.717, 1.165) is 22.1 Å². The molecular weight excluding hydrogens is 220 g/mol. The van der Waals surface area contributed by atoms with Gasteiger partial charge < -0.3 is 18.1 Å². The summed E-state index contributed by atoms with van der Waals surface area (Å²) in [5, 5.41) is 1.10.